The van der Waals surface area contributed by atoms with Crippen LogP contribution in [0.5, 0.6) is 0 Å². The van der Waals surface area contributed by atoms with Crippen molar-refractivity contribution >= 4 is 17.5 Å². The molecule has 0 aliphatic heterocycles. The average Bonchev–Trinajstić information content (AvgIpc) is 2.46. The van der Waals surface area contributed by atoms with Crippen molar-refractivity contribution in [2.24, 2.45) is 0 Å². The van der Waals surface area contributed by atoms with Crippen LogP contribution in [-0.4, -0.2) is 20.4 Å². The highest BCUT2D eigenvalue weighted by molar-refractivity contribution is 5.89. The number of rotatable bonds is 4. The second-order valence-corrected chi connectivity index (χ2v) is 4.52. The fourth-order valence-corrected chi connectivity index (χ4v) is 1.98. The van der Waals surface area contributed by atoms with E-state index >= 15 is 0 Å². The van der Waals surface area contributed by atoms with Crippen LogP contribution in [0.1, 0.15) is 11.1 Å². The van der Waals surface area contributed by atoms with E-state index in [9.17, 15) is 4.79 Å². The van der Waals surface area contributed by atoms with Crippen LogP contribution in [0.4, 0.5) is 5.69 Å². The smallest absolute Gasteiger partial charge is 0.143 e. The zero-order chi connectivity index (χ0) is 13.7. The SMILES string of the molecule is CN(C)c1ccc(C(=CC=O)c2ccccc2)cc1. The molecule has 0 saturated heterocycles. The zero-order valence-electron chi connectivity index (χ0n) is 11.2. The molecule has 0 N–H and O–H groups in total. The van der Waals surface area contributed by atoms with E-state index < -0.39 is 0 Å². The molecular weight excluding hydrogens is 234 g/mol. The molecule has 0 amide bonds. The molecule has 2 nitrogen and oxygen atoms in total. The zero-order valence-corrected chi connectivity index (χ0v) is 11.2. The topological polar surface area (TPSA) is 20.3 Å². The van der Waals surface area contributed by atoms with Crippen molar-refractivity contribution in [1.82, 2.24) is 0 Å². The average molecular weight is 251 g/mol. The monoisotopic (exact) mass is 251 g/mol. The normalized spacial score (nSPS) is 11.2. The summed E-state index contributed by atoms with van der Waals surface area (Å²) in [6.45, 7) is 0. The molecule has 2 aromatic rings. The number of anilines is 1. The molecule has 0 fully saturated rings. The lowest BCUT2D eigenvalue weighted by Gasteiger charge is -2.14. The van der Waals surface area contributed by atoms with Gasteiger partial charge in [-0.2, -0.15) is 0 Å². The van der Waals surface area contributed by atoms with Crippen LogP contribution in [0, 0.1) is 0 Å². The molecule has 0 aromatic heterocycles. The van der Waals surface area contributed by atoms with E-state index in [1.807, 2.05) is 56.6 Å². The summed E-state index contributed by atoms with van der Waals surface area (Å²) in [5.41, 5.74) is 4.18. The summed E-state index contributed by atoms with van der Waals surface area (Å²) >= 11 is 0. The fraction of sp³-hybridized carbons (Fsp3) is 0.118. The second kappa shape index (κ2) is 6.01. The Morgan fingerprint density at radius 3 is 2.00 bits per heavy atom. The van der Waals surface area contributed by atoms with Gasteiger partial charge in [0, 0.05) is 19.8 Å². The Morgan fingerprint density at radius 1 is 0.895 bits per heavy atom. The van der Waals surface area contributed by atoms with Gasteiger partial charge in [-0.1, -0.05) is 42.5 Å². The molecule has 0 aliphatic carbocycles. The second-order valence-electron chi connectivity index (χ2n) is 4.52. The Bertz CT molecular complexity index is 568. The van der Waals surface area contributed by atoms with Crippen LogP contribution in [0.25, 0.3) is 5.57 Å². The van der Waals surface area contributed by atoms with Crippen LogP contribution in [-0.2, 0) is 4.79 Å². The third-order valence-electron chi connectivity index (χ3n) is 3.01. The standard InChI is InChI=1S/C17H17NO/c1-18(2)16-10-8-15(9-11-16)17(12-13-19)14-6-4-3-5-7-14/h3-13H,1-2H3. The van der Waals surface area contributed by atoms with E-state index in [4.69, 9.17) is 0 Å². The van der Waals surface area contributed by atoms with Gasteiger partial charge in [0.25, 0.3) is 0 Å². The molecular formula is C17H17NO. The summed E-state index contributed by atoms with van der Waals surface area (Å²) in [4.78, 5) is 12.9. The lowest BCUT2D eigenvalue weighted by molar-refractivity contribution is -0.104. The van der Waals surface area contributed by atoms with Crippen molar-refractivity contribution in [2.75, 3.05) is 19.0 Å². The Morgan fingerprint density at radius 2 is 1.47 bits per heavy atom. The number of hydrogen-bond acceptors (Lipinski definition) is 2. The molecule has 2 rings (SSSR count). The third kappa shape index (κ3) is 3.10. The lowest BCUT2D eigenvalue weighted by atomic mass is 9.97. The van der Waals surface area contributed by atoms with Gasteiger partial charge in [-0.3, -0.25) is 4.79 Å². The molecule has 0 atom stereocenters. The predicted octanol–water partition coefficient (Wildman–Crippen LogP) is 3.38. The number of aldehydes is 1. The Balaban J connectivity index is 2.41. The number of carbonyl (C=O) groups excluding carboxylic acids is 1. The van der Waals surface area contributed by atoms with Crippen LogP contribution in [0.3, 0.4) is 0 Å². The van der Waals surface area contributed by atoms with Crippen LogP contribution >= 0.6 is 0 Å². The van der Waals surface area contributed by atoms with E-state index in [1.54, 1.807) is 6.08 Å². The van der Waals surface area contributed by atoms with Gasteiger partial charge < -0.3 is 4.90 Å². The minimum Gasteiger partial charge on any atom is -0.378 e. The summed E-state index contributed by atoms with van der Waals surface area (Å²) in [6.07, 6.45) is 2.45. The number of hydrogen-bond donors (Lipinski definition) is 0. The molecule has 2 heteroatoms. The molecule has 0 saturated carbocycles. The molecule has 96 valence electrons. The third-order valence-corrected chi connectivity index (χ3v) is 3.01. The molecule has 0 spiro atoms. The molecule has 0 aliphatic rings. The maximum absolute atomic E-state index is 10.9. The van der Waals surface area contributed by atoms with Gasteiger partial charge in [0.1, 0.15) is 6.29 Å². The van der Waals surface area contributed by atoms with Crippen molar-refractivity contribution < 1.29 is 4.79 Å². The van der Waals surface area contributed by atoms with Gasteiger partial charge in [-0.25, -0.2) is 0 Å². The van der Waals surface area contributed by atoms with Crippen molar-refractivity contribution in [3.05, 3.63) is 71.8 Å². The Kier molecular flexibility index (Phi) is 4.14. The maximum atomic E-state index is 10.9. The van der Waals surface area contributed by atoms with E-state index in [0.29, 0.717) is 0 Å². The summed E-state index contributed by atoms with van der Waals surface area (Å²) in [5.74, 6) is 0. The molecule has 0 bridgehead atoms. The van der Waals surface area contributed by atoms with Gasteiger partial charge in [-0.15, -0.1) is 0 Å². The van der Waals surface area contributed by atoms with Crippen molar-refractivity contribution in [3.8, 4) is 0 Å². The summed E-state index contributed by atoms with van der Waals surface area (Å²) in [5, 5.41) is 0. The lowest BCUT2D eigenvalue weighted by Crippen LogP contribution is -2.08. The highest BCUT2D eigenvalue weighted by Gasteiger charge is 2.04. The quantitative estimate of drug-likeness (QED) is 0.613. The van der Waals surface area contributed by atoms with Crippen LogP contribution < -0.4 is 4.90 Å². The first kappa shape index (κ1) is 13.1. The highest BCUT2D eigenvalue weighted by Crippen LogP contribution is 2.24. The molecule has 0 heterocycles. The van der Waals surface area contributed by atoms with E-state index in [1.165, 1.54) is 0 Å². The largest absolute Gasteiger partial charge is 0.378 e. The van der Waals surface area contributed by atoms with Crippen molar-refractivity contribution in [2.45, 2.75) is 0 Å². The Hall–Kier alpha value is -2.35. The first-order chi connectivity index (χ1) is 9.22. The van der Waals surface area contributed by atoms with Crippen LogP contribution in [0.15, 0.2) is 60.7 Å². The van der Waals surface area contributed by atoms with Gasteiger partial charge in [0.15, 0.2) is 0 Å². The predicted molar refractivity (Wildman–Crippen MR) is 80.4 cm³/mol. The fourth-order valence-electron chi connectivity index (χ4n) is 1.98. The minimum atomic E-state index is 0.836. The minimum absolute atomic E-state index is 0.836. The van der Waals surface area contributed by atoms with Crippen LogP contribution in [0.2, 0.25) is 0 Å². The van der Waals surface area contributed by atoms with E-state index in [2.05, 4.69) is 17.0 Å². The van der Waals surface area contributed by atoms with Crippen molar-refractivity contribution in [3.63, 3.8) is 0 Å². The van der Waals surface area contributed by atoms with Gasteiger partial charge in [0.05, 0.1) is 0 Å². The number of nitrogens with zero attached hydrogens (tertiary/aromatic N) is 1. The van der Waals surface area contributed by atoms with Gasteiger partial charge in [-0.05, 0) is 34.9 Å². The van der Waals surface area contributed by atoms with E-state index in [-0.39, 0.29) is 0 Å². The number of carbonyl (C=O) groups is 1. The van der Waals surface area contributed by atoms with Crippen molar-refractivity contribution in [1.29, 1.82) is 0 Å². The first-order valence-electron chi connectivity index (χ1n) is 6.21. The van der Waals surface area contributed by atoms with E-state index in [0.717, 1.165) is 28.7 Å². The summed E-state index contributed by atoms with van der Waals surface area (Å²) < 4.78 is 0. The summed E-state index contributed by atoms with van der Waals surface area (Å²) in [7, 11) is 4.02. The first-order valence-corrected chi connectivity index (χ1v) is 6.21. The van der Waals surface area contributed by atoms with Gasteiger partial charge in [0.2, 0.25) is 0 Å². The molecule has 0 unspecified atom stereocenters. The highest BCUT2D eigenvalue weighted by atomic mass is 16.1. The molecule has 0 radical (unpaired) electrons. The number of benzene rings is 2. The molecule has 2 aromatic carbocycles. The Labute approximate surface area is 114 Å². The summed E-state index contributed by atoms with van der Waals surface area (Å²) in [6, 6.07) is 18.1. The van der Waals surface area contributed by atoms with Gasteiger partial charge >= 0.3 is 0 Å². The number of allylic oxidation sites excluding steroid dienone is 1. The molecule has 19 heavy (non-hydrogen) atoms. The maximum Gasteiger partial charge on any atom is 0.143 e.